The molecule has 0 saturated heterocycles. The van der Waals surface area contributed by atoms with Crippen LogP contribution in [0.25, 0.3) is 0 Å². The molecule has 0 saturated carbocycles. The summed E-state index contributed by atoms with van der Waals surface area (Å²) in [7, 11) is 0. The van der Waals surface area contributed by atoms with Crippen LogP contribution in [0.3, 0.4) is 0 Å². The molecule has 0 amide bonds. The molecule has 0 aliphatic carbocycles. The normalized spacial score (nSPS) is 21.7. The summed E-state index contributed by atoms with van der Waals surface area (Å²) in [6.45, 7) is 2.04. The third-order valence-electron chi connectivity index (χ3n) is 0.593. The molecule has 0 spiro atoms. The van der Waals surface area contributed by atoms with Gasteiger partial charge in [-0.2, -0.15) is 0 Å². The van der Waals surface area contributed by atoms with Crippen LogP contribution in [0.2, 0.25) is 0 Å². The molecule has 0 unspecified atom stereocenters. The molecule has 0 radical (unpaired) electrons. The minimum absolute atomic E-state index is 1.26. The molecule has 0 aromatic heterocycles. The summed E-state index contributed by atoms with van der Waals surface area (Å²) in [5, 5.41) is 0. The van der Waals surface area contributed by atoms with Crippen LogP contribution in [0.1, 0.15) is 6.92 Å². The van der Waals surface area contributed by atoms with Crippen LogP contribution in [-0.4, -0.2) is 3.44 Å². The topological polar surface area (TPSA) is 15.3 Å². The highest BCUT2D eigenvalue weighted by molar-refractivity contribution is 9.09. The fourth-order valence-electron chi connectivity index (χ4n) is 0.321. The first-order valence-electron chi connectivity index (χ1n) is 1.86. The Labute approximate surface area is 55.4 Å². The predicted octanol–water partition coefficient (Wildman–Crippen LogP) is 1.63. The van der Waals surface area contributed by atoms with Crippen LogP contribution in [0.15, 0.2) is 11.1 Å². The molecule has 1 N–H and O–H groups in total. The number of allylic oxidation sites excluding steroid dienone is 1. The fourth-order valence-corrected chi connectivity index (χ4v) is 1.57. The van der Waals surface area contributed by atoms with Crippen molar-refractivity contribution < 1.29 is 0 Å². The Balaban J connectivity index is 2.42. The van der Waals surface area contributed by atoms with E-state index in [0.29, 0.717) is 0 Å². The number of rotatable bonds is 0. The molecular formula is C3H5BrN2S. The summed E-state index contributed by atoms with van der Waals surface area (Å²) >= 11 is 4.83. The monoisotopic (exact) mass is 180 g/mol. The zero-order valence-corrected chi connectivity index (χ0v) is 6.21. The smallest absolute Gasteiger partial charge is 0.0480 e. The van der Waals surface area contributed by atoms with Crippen molar-refractivity contribution in [2.75, 3.05) is 0 Å². The van der Waals surface area contributed by atoms with Gasteiger partial charge in [0.15, 0.2) is 0 Å². The summed E-state index contributed by atoms with van der Waals surface area (Å²) in [5.74, 6) is 0. The average molecular weight is 181 g/mol. The molecule has 0 aromatic carbocycles. The highest BCUT2D eigenvalue weighted by Gasteiger charge is 2.05. The molecular weight excluding hydrogens is 176 g/mol. The molecule has 40 valence electrons. The zero-order valence-electron chi connectivity index (χ0n) is 3.81. The lowest BCUT2D eigenvalue weighted by molar-refractivity contribution is 0.687. The van der Waals surface area contributed by atoms with Gasteiger partial charge in [-0.15, -0.1) is 0 Å². The number of hydrogen-bond donors (Lipinski definition) is 1. The second kappa shape index (κ2) is 2.07. The minimum Gasteiger partial charge on any atom is -0.306 e. The third kappa shape index (κ3) is 1.36. The molecule has 0 aromatic rings. The minimum atomic E-state index is 1.26. The van der Waals surface area contributed by atoms with Crippen LogP contribution < -0.4 is 5.43 Å². The van der Waals surface area contributed by atoms with Crippen molar-refractivity contribution in [3.63, 3.8) is 0 Å². The van der Waals surface area contributed by atoms with Gasteiger partial charge in [-0.05, 0) is 18.9 Å². The van der Waals surface area contributed by atoms with Crippen molar-refractivity contribution in [1.82, 2.24) is 8.87 Å². The maximum absolute atomic E-state index is 3.21. The van der Waals surface area contributed by atoms with Crippen molar-refractivity contribution in [3.8, 4) is 0 Å². The second-order valence-electron chi connectivity index (χ2n) is 1.22. The number of hydrogen-bond acceptors (Lipinski definition) is 3. The quantitative estimate of drug-likeness (QED) is 0.451. The van der Waals surface area contributed by atoms with E-state index in [-0.39, 0.29) is 0 Å². The molecule has 1 aliphatic rings. The summed E-state index contributed by atoms with van der Waals surface area (Å²) in [6.07, 6.45) is 1.93. The summed E-state index contributed by atoms with van der Waals surface area (Å²) in [5.41, 5.74) is 2.92. The Morgan fingerprint density at radius 3 is 2.86 bits per heavy atom. The number of halogens is 1. The van der Waals surface area contributed by atoms with E-state index in [2.05, 4.69) is 21.6 Å². The first-order valence-corrected chi connectivity index (χ1v) is 3.34. The summed E-state index contributed by atoms with van der Waals surface area (Å²) in [4.78, 5) is 1.26. The molecule has 1 heterocycles. The number of nitrogens with zero attached hydrogens (tertiary/aromatic N) is 1. The Kier molecular flexibility index (Phi) is 1.61. The Hall–Kier alpha value is 0.330. The Morgan fingerprint density at radius 1 is 2.00 bits per heavy atom. The van der Waals surface area contributed by atoms with E-state index in [1.54, 1.807) is 15.4 Å². The molecule has 1 rings (SSSR count). The van der Waals surface area contributed by atoms with Crippen LogP contribution >= 0.6 is 28.1 Å². The van der Waals surface area contributed by atoms with Crippen molar-refractivity contribution >= 4 is 28.1 Å². The first-order chi connectivity index (χ1) is 3.29. The van der Waals surface area contributed by atoms with Gasteiger partial charge < -0.3 is 5.43 Å². The van der Waals surface area contributed by atoms with Gasteiger partial charge in [-0.3, -0.25) is 0 Å². The van der Waals surface area contributed by atoms with E-state index in [9.17, 15) is 0 Å². The third-order valence-corrected chi connectivity index (χ3v) is 1.90. The van der Waals surface area contributed by atoms with E-state index in [4.69, 9.17) is 0 Å². The second-order valence-corrected chi connectivity index (χ2v) is 3.59. The van der Waals surface area contributed by atoms with E-state index >= 15 is 0 Å². The Bertz CT molecular complexity index is 103. The average Bonchev–Trinajstić information content (AvgIpc) is 1.87. The highest BCUT2D eigenvalue weighted by Crippen LogP contribution is 2.25. The van der Waals surface area contributed by atoms with Crippen molar-refractivity contribution in [2.45, 2.75) is 6.92 Å². The van der Waals surface area contributed by atoms with E-state index in [1.165, 1.54) is 4.91 Å². The lowest BCUT2D eigenvalue weighted by Gasteiger charge is -1.99. The Morgan fingerprint density at radius 2 is 2.71 bits per heavy atom. The lowest BCUT2D eigenvalue weighted by atomic mass is 10.7. The fraction of sp³-hybridized carbons (Fsp3) is 0.333. The standard InChI is InChI=1S/C3H5BrN2S/c1-3-2-5-6(4)7-3/h2,5H,1H3. The van der Waals surface area contributed by atoms with Crippen LogP contribution in [0.4, 0.5) is 0 Å². The highest BCUT2D eigenvalue weighted by atomic mass is 79.9. The lowest BCUT2D eigenvalue weighted by Crippen LogP contribution is -2.09. The zero-order chi connectivity index (χ0) is 5.28. The van der Waals surface area contributed by atoms with Crippen LogP contribution in [0, 0.1) is 0 Å². The SMILES string of the molecule is CC1=CNN(Br)S1. The molecule has 2 nitrogen and oxygen atoms in total. The maximum Gasteiger partial charge on any atom is 0.0480 e. The van der Waals surface area contributed by atoms with Crippen molar-refractivity contribution in [2.24, 2.45) is 0 Å². The van der Waals surface area contributed by atoms with Gasteiger partial charge in [0.2, 0.25) is 0 Å². The van der Waals surface area contributed by atoms with E-state index < -0.39 is 0 Å². The number of hydrazine groups is 1. The maximum atomic E-state index is 3.21. The van der Waals surface area contributed by atoms with Gasteiger partial charge in [-0.1, -0.05) is 3.44 Å². The largest absolute Gasteiger partial charge is 0.306 e. The van der Waals surface area contributed by atoms with E-state index in [0.717, 1.165) is 0 Å². The summed E-state index contributed by atoms with van der Waals surface area (Å²) in [6, 6.07) is 0. The van der Waals surface area contributed by atoms with Crippen molar-refractivity contribution in [1.29, 1.82) is 0 Å². The summed E-state index contributed by atoms with van der Waals surface area (Å²) < 4.78 is 1.77. The first kappa shape index (κ1) is 5.47. The molecule has 0 bridgehead atoms. The van der Waals surface area contributed by atoms with Gasteiger partial charge in [-0.25, -0.2) is 0 Å². The van der Waals surface area contributed by atoms with Gasteiger partial charge in [0.25, 0.3) is 0 Å². The molecule has 0 atom stereocenters. The van der Waals surface area contributed by atoms with Gasteiger partial charge >= 0.3 is 0 Å². The molecule has 0 fully saturated rings. The van der Waals surface area contributed by atoms with Gasteiger partial charge in [0.05, 0.1) is 0 Å². The van der Waals surface area contributed by atoms with Gasteiger partial charge in [0, 0.05) is 27.3 Å². The van der Waals surface area contributed by atoms with Crippen LogP contribution in [-0.2, 0) is 0 Å². The predicted molar refractivity (Wildman–Crippen MR) is 35.2 cm³/mol. The molecule has 1 aliphatic heterocycles. The van der Waals surface area contributed by atoms with Crippen molar-refractivity contribution in [3.05, 3.63) is 11.1 Å². The van der Waals surface area contributed by atoms with Crippen LogP contribution in [0.5, 0.6) is 0 Å². The van der Waals surface area contributed by atoms with E-state index in [1.807, 2.05) is 13.1 Å². The molecule has 7 heavy (non-hydrogen) atoms. The number of nitrogens with one attached hydrogen (secondary N) is 1. The molecule has 4 heteroatoms. The van der Waals surface area contributed by atoms with Gasteiger partial charge in [0.1, 0.15) is 0 Å².